The summed E-state index contributed by atoms with van der Waals surface area (Å²) in [6, 6.07) is 5.66. The van der Waals surface area contributed by atoms with Gasteiger partial charge in [0, 0.05) is 5.30 Å². The molecule has 0 bridgehead atoms. The molecule has 4 nitrogen and oxygen atoms in total. The van der Waals surface area contributed by atoms with Crippen molar-refractivity contribution in [1.82, 2.24) is 0 Å². The smallest absolute Gasteiger partial charge is 0.328 e. The fourth-order valence-corrected chi connectivity index (χ4v) is 1.82. The van der Waals surface area contributed by atoms with Crippen LogP contribution in [0.5, 0.6) is 0 Å². The van der Waals surface area contributed by atoms with Gasteiger partial charge >= 0.3 is 5.97 Å². The van der Waals surface area contributed by atoms with Crippen molar-refractivity contribution in [3.8, 4) is 0 Å². The maximum Gasteiger partial charge on any atom is 0.386 e. The van der Waals surface area contributed by atoms with E-state index in [-0.39, 0.29) is 5.56 Å². The van der Waals surface area contributed by atoms with Crippen molar-refractivity contribution in [2.45, 2.75) is 6.92 Å². The van der Waals surface area contributed by atoms with Crippen LogP contribution in [0.1, 0.15) is 17.3 Å². The molecule has 1 atom stereocenters. The van der Waals surface area contributed by atoms with E-state index >= 15 is 0 Å². The fraction of sp³-hybridized carbons (Fsp3) is 0.222. The van der Waals surface area contributed by atoms with Crippen molar-refractivity contribution in [3.05, 3.63) is 29.8 Å². The molecule has 0 aromatic heterocycles. The Balaban J connectivity index is 2.83. The SMILES string of the molecule is CCO[PH](=O)c1ccc(C([O])=O)cc1. The van der Waals surface area contributed by atoms with Crippen molar-refractivity contribution < 1.29 is 19.0 Å². The van der Waals surface area contributed by atoms with Gasteiger partial charge in [0.15, 0.2) is 0 Å². The second kappa shape index (κ2) is 4.94. The van der Waals surface area contributed by atoms with Crippen LogP contribution in [0.3, 0.4) is 0 Å². The molecule has 1 unspecified atom stereocenters. The van der Waals surface area contributed by atoms with Crippen LogP contribution in [0.2, 0.25) is 0 Å². The van der Waals surface area contributed by atoms with Crippen LogP contribution < -0.4 is 5.30 Å². The van der Waals surface area contributed by atoms with Crippen LogP contribution in [0.25, 0.3) is 0 Å². The molecule has 0 aliphatic carbocycles. The molecule has 0 aliphatic rings. The Hall–Kier alpha value is -1.12. The van der Waals surface area contributed by atoms with Gasteiger partial charge < -0.3 is 4.52 Å². The molecular formula is C9H10O4P. The zero-order valence-electron chi connectivity index (χ0n) is 7.65. The average Bonchev–Trinajstić information content (AvgIpc) is 2.18. The second-order valence-corrected chi connectivity index (χ2v) is 4.03. The van der Waals surface area contributed by atoms with Gasteiger partial charge in [-0.05, 0) is 31.2 Å². The molecule has 0 fully saturated rings. The summed E-state index contributed by atoms with van der Waals surface area (Å²) in [4.78, 5) is 10.4. The van der Waals surface area contributed by atoms with Crippen LogP contribution in [0.4, 0.5) is 0 Å². The van der Waals surface area contributed by atoms with Gasteiger partial charge in [-0.1, -0.05) is 0 Å². The van der Waals surface area contributed by atoms with E-state index in [1.807, 2.05) is 0 Å². The second-order valence-electron chi connectivity index (χ2n) is 2.59. The topological polar surface area (TPSA) is 63.3 Å². The van der Waals surface area contributed by atoms with Crippen molar-refractivity contribution in [2.75, 3.05) is 6.61 Å². The Morgan fingerprint density at radius 2 is 1.93 bits per heavy atom. The van der Waals surface area contributed by atoms with Crippen LogP contribution in [-0.2, 0) is 14.2 Å². The molecule has 1 aromatic carbocycles. The minimum absolute atomic E-state index is 0.0695. The van der Waals surface area contributed by atoms with Crippen LogP contribution >= 0.6 is 8.03 Å². The molecule has 0 amide bonds. The van der Waals surface area contributed by atoms with Crippen molar-refractivity contribution in [2.24, 2.45) is 0 Å². The largest absolute Gasteiger partial charge is 0.386 e. The number of hydrogen-bond donors (Lipinski definition) is 0. The molecule has 0 aliphatic heterocycles. The highest BCUT2D eigenvalue weighted by Crippen LogP contribution is 2.20. The van der Waals surface area contributed by atoms with Crippen molar-refractivity contribution in [3.63, 3.8) is 0 Å². The lowest BCUT2D eigenvalue weighted by Crippen LogP contribution is -2.01. The summed E-state index contributed by atoms with van der Waals surface area (Å²) in [5.74, 6) is -1.24. The summed E-state index contributed by atoms with van der Waals surface area (Å²) in [6.45, 7) is 2.12. The van der Waals surface area contributed by atoms with Gasteiger partial charge in [0.2, 0.25) is 8.03 Å². The molecular weight excluding hydrogens is 203 g/mol. The summed E-state index contributed by atoms with van der Waals surface area (Å²) in [5, 5.41) is 10.9. The standard InChI is InChI=1S/C9H10O4P/c1-2-13-14(12)8-5-3-7(4-6-8)9(10)11/h3-6,14H,2H2,1H3. The Kier molecular flexibility index (Phi) is 3.86. The first-order valence-electron chi connectivity index (χ1n) is 4.13. The van der Waals surface area contributed by atoms with Gasteiger partial charge in [0.05, 0.1) is 12.2 Å². The summed E-state index contributed by atoms with van der Waals surface area (Å²) < 4.78 is 16.2. The van der Waals surface area contributed by atoms with E-state index in [9.17, 15) is 14.5 Å². The van der Waals surface area contributed by atoms with E-state index in [2.05, 4.69) is 0 Å². The monoisotopic (exact) mass is 213 g/mol. The summed E-state index contributed by atoms with van der Waals surface area (Å²) >= 11 is 0. The average molecular weight is 213 g/mol. The first-order valence-corrected chi connectivity index (χ1v) is 5.45. The van der Waals surface area contributed by atoms with Gasteiger partial charge in [-0.3, -0.25) is 4.57 Å². The minimum atomic E-state index is -2.22. The molecule has 0 heterocycles. The highest BCUT2D eigenvalue weighted by atomic mass is 31.1. The quantitative estimate of drug-likeness (QED) is 0.710. The maximum atomic E-state index is 11.3. The van der Waals surface area contributed by atoms with Gasteiger partial charge in [-0.25, -0.2) is 9.90 Å². The van der Waals surface area contributed by atoms with Crippen LogP contribution in [-0.4, -0.2) is 12.6 Å². The lowest BCUT2D eigenvalue weighted by molar-refractivity contribution is 0.0573. The first kappa shape index (κ1) is 11.0. The third-order valence-corrected chi connectivity index (χ3v) is 2.99. The van der Waals surface area contributed by atoms with Crippen molar-refractivity contribution >= 4 is 19.3 Å². The van der Waals surface area contributed by atoms with Crippen LogP contribution in [0, 0.1) is 0 Å². The third-order valence-electron chi connectivity index (χ3n) is 1.63. The number of rotatable bonds is 4. The Labute approximate surface area is 82.4 Å². The maximum absolute atomic E-state index is 11.3. The van der Waals surface area contributed by atoms with E-state index in [1.54, 1.807) is 6.92 Å². The van der Waals surface area contributed by atoms with Gasteiger partial charge in [0.1, 0.15) is 0 Å². The molecule has 0 spiro atoms. The van der Waals surface area contributed by atoms with E-state index in [0.29, 0.717) is 11.9 Å². The predicted octanol–water partition coefficient (Wildman–Crippen LogP) is 1.39. The van der Waals surface area contributed by atoms with Gasteiger partial charge in [-0.2, -0.15) is 0 Å². The summed E-state index contributed by atoms with van der Waals surface area (Å²) in [5.41, 5.74) is 0.0695. The number of hydrogen-bond acceptors (Lipinski definition) is 3. The van der Waals surface area contributed by atoms with E-state index in [0.717, 1.165) is 0 Å². The number of carbonyl (C=O) groups excluding carboxylic acids is 1. The fourth-order valence-electron chi connectivity index (χ4n) is 0.957. The third kappa shape index (κ3) is 2.69. The molecule has 14 heavy (non-hydrogen) atoms. The lowest BCUT2D eigenvalue weighted by atomic mass is 10.2. The van der Waals surface area contributed by atoms with Gasteiger partial charge in [-0.15, -0.1) is 0 Å². The van der Waals surface area contributed by atoms with Crippen molar-refractivity contribution in [1.29, 1.82) is 0 Å². The Morgan fingerprint density at radius 1 is 1.36 bits per heavy atom. The summed E-state index contributed by atoms with van der Waals surface area (Å²) in [6.07, 6.45) is 0. The minimum Gasteiger partial charge on any atom is -0.328 e. The van der Waals surface area contributed by atoms with Crippen LogP contribution in [0.15, 0.2) is 24.3 Å². The number of carbonyl (C=O) groups is 1. The summed E-state index contributed by atoms with van der Waals surface area (Å²) in [7, 11) is -2.22. The molecule has 1 rings (SSSR count). The number of benzene rings is 1. The molecule has 0 saturated heterocycles. The Morgan fingerprint density at radius 3 is 2.36 bits per heavy atom. The van der Waals surface area contributed by atoms with E-state index < -0.39 is 14.0 Å². The highest BCUT2D eigenvalue weighted by molar-refractivity contribution is 7.48. The zero-order chi connectivity index (χ0) is 10.6. The first-order chi connectivity index (χ1) is 6.65. The molecule has 0 saturated carbocycles. The highest BCUT2D eigenvalue weighted by Gasteiger charge is 2.06. The molecule has 5 heteroatoms. The molecule has 1 aromatic rings. The normalized spacial score (nSPS) is 12.4. The molecule has 1 radical (unpaired) electrons. The van der Waals surface area contributed by atoms with E-state index in [4.69, 9.17) is 4.52 Å². The Bertz CT molecular complexity index is 344. The molecule has 0 N–H and O–H groups in total. The lowest BCUT2D eigenvalue weighted by Gasteiger charge is -2.01. The predicted molar refractivity (Wildman–Crippen MR) is 51.7 cm³/mol. The van der Waals surface area contributed by atoms with E-state index in [1.165, 1.54) is 24.3 Å². The zero-order valence-corrected chi connectivity index (χ0v) is 8.65. The molecule has 75 valence electrons. The van der Waals surface area contributed by atoms with Gasteiger partial charge in [0.25, 0.3) is 0 Å².